The molecule has 1 aliphatic heterocycles. The molecule has 0 aliphatic carbocycles. The molecule has 138 valence electrons. The first kappa shape index (κ1) is 17.8. The Balaban J connectivity index is 1.44. The Morgan fingerprint density at radius 3 is 3.00 bits per heavy atom. The minimum absolute atomic E-state index is 0.136. The van der Waals surface area contributed by atoms with E-state index >= 15 is 0 Å². The van der Waals surface area contributed by atoms with Crippen LogP contribution in [0.5, 0.6) is 0 Å². The zero-order chi connectivity index (χ0) is 18.5. The molecule has 0 radical (unpaired) electrons. The minimum atomic E-state index is 0.136. The Bertz CT molecular complexity index is 892. The van der Waals surface area contributed by atoms with Crippen LogP contribution in [0, 0.1) is 0 Å². The maximum Gasteiger partial charge on any atom is 0.245 e. The van der Waals surface area contributed by atoms with Crippen LogP contribution in [-0.2, 0) is 11.3 Å². The van der Waals surface area contributed by atoms with E-state index in [1.807, 2.05) is 42.6 Å². The largest absolute Gasteiger partial charge is 0.372 e. The van der Waals surface area contributed by atoms with Gasteiger partial charge in [0.05, 0.1) is 24.6 Å². The minimum Gasteiger partial charge on any atom is -0.372 e. The molecule has 3 heterocycles. The molecule has 0 saturated carbocycles. The second-order valence-corrected chi connectivity index (χ2v) is 6.97. The molecule has 7 heteroatoms. The Morgan fingerprint density at radius 1 is 1.19 bits per heavy atom. The van der Waals surface area contributed by atoms with Crippen molar-refractivity contribution in [3.05, 3.63) is 65.6 Å². The van der Waals surface area contributed by atoms with Crippen molar-refractivity contribution in [1.82, 2.24) is 20.2 Å². The molecule has 1 aliphatic rings. The summed E-state index contributed by atoms with van der Waals surface area (Å²) >= 11 is 6.09. The lowest BCUT2D eigenvalue weighted by atomic mass is 10.1. The lowest BCUT2D eigenvalue weighted by molar-refractivity contribution is 0.0311. The average molecular weight is 382 g/mol. The zero-order valence-electron chi connectivity index (χ0n) is 14.8. The highest BCUT2D eigenvalue weighted by molar-refractivity contribution is 6.30. The number of halogens is 1. The maximum absolute atomic E-state index is 6.09. The van der Waals surface area contributed by atoms with E-state index in [1.165, 1.54) is 0 Å². The molecule has 0 unspecified atom stereocenters. The van der Waals surface area contributed by atoms with Gasteiger partial charge in [0.15, 0.2) is 0 Å². The average Bonchev–Trinajstić information content (AvgIpc) is 2.73. The lowest BCUT2D eigenvalue weighted by Crippen LogP contribution is -2.40. The summed E-state index contributed by atoms with van der Waals surface area (Å²) in [5.41, 5.74) is 2.77. The fourth-order valence-electron chi connectivity index (χ4n) is 3.17. The number of piperidine rings is 1. The number of hydrogen-bond acceptors (Lipinski definition) is 6. The molecule has 6 nitrogen and oxygen atoms in total. The third-order valence-corrected chi connectivity index (χ3v) is 4.77. The van der Waals surface area contributed by atoms with Crippen molar-refractivity contribution < 1.29 is 4.74 Å². The predicted molar refractivity (Wildman–Crippen MR) is 105 cm³/mol. The quantitative estimate of drug-likeness (QED) is 0.670. The molecule has 1 aromatic carbocycles. The molecule has 0 amide bonds. The normalized spacial score (nSPS) is 17.1. The van der Waals surface area contributed by atoms with Crippen LogP contribution in [0.3, 0.4) is 0 Å². The molecule has 0 spiro atoms. The predicted octanol–water partition coefficient (Wildman–Crippen LogP) is 3.77. The van der Waals surface area contributed by atoms with Gasteiger partial charge in [-0.15, -0.1) is 5.10 Å². The van der Waals surface area contributed by atoms with Crippen LogP contribution in [0.15, 0.2) is 55.0 Å². The fourth-order valence-corrected chi connectivity index (χ4v) is 3.36. The number of anilines is 1. The molecule has 3 aromatic rings. The van der Waals surface area contributed by atoms with E-state index in [0.717, 1.165) is 42.8 Å². The van der Waals surface area contributed by atoms with E-state index in [9.17, 15) is 0 Å². The van der Waals surface area contributed by atoms with Gasteiger partial charge >= 0.3 is 0 Å². The third kappa shape index (κ3) is 4.59. The fraction of sp³-hybridized carbons (Fsp3) is 0.300. The van der Waals surface area contributed by atoms with Gasteiger partial charge in [0.25, 0.3) is 0 Å². The highest BCUT2D eigenvalue weighted by Crippen LogP contribution is 2.23. The van der Waals surface area contributed by atoms with Gasteiger partial charge in [-0.1, -0.05) is 29.8 Å². The van der Waals surface area contributed by atoms with Crippen molar-refractivity contribution in [3.63, 3.8) is 0 Å². The molecule has 1 atom stereocenters. The maximum atomic E-state index is 6.09. The number of pyridine rings is 1. The molecule has 27 heavy (non-hydrogen) atoms. The van der Waals surface area contributed by atoms with Crippen molar-refractivity contribution in [3.8, 4) is 11.3 Å². The smallest absolute Gasteiger partial charge is 0.245 e. The number of nitrogens with zero attached hydrogens (tertiary/aromatic N) is 5. The number of rotatable bonds is 5. The first-order valence-corrected chi connectivity index (χ1v) is 9.37. The molecule has 4 rings (SSSR count). The Labute approximate surface area is 163 Å². The summed E-state index contributed by atoms with van der Waals surface area (Å²) in [5.74, 6) is 0.627. The van der Waals surface area contributed by atoms with Gasteiger partial charge in [0, 0.05) is 36.1 Å². The van der Waals surface area contributed by atoms with Gasteiger partial charge in [-0.25, -0.2) is 4.98 Å². The highest BCUT2D eigenvalue weighted by Gasteiger charge is 2.23. The molecule has 0 N–H and O–H groups in total. The summed E-state index contributed by atoms with van der Waals surface area (Å²) < 4.78 is 6.08. The standard InChI is InChI=1S/C20H20ClN5O/c21-17-6-1-5-16(10-17)19-12-23-25-20(24-19)26-9-3-7-18(13-26)27-14-15-4-2-8-22-11-15/h1-2,4-6,8,10-12,18H,3,7,9,13-14H2/t18-/m1/s1. The Kier molecular flexibility index (Phi) is 5.55. The van der Waals surface area contributed by atoms with Crippen LogP contribution >= 0.6 is 11.6 Å². The van der Waals surface area contributed by atoms with Gasteiger partial charge in [-0.2, -0.15) is 5.10 Å². The monoisotopic (exact) mass is 381 g/mol. The van der Waals surface area contributed by atoms with Crippen LogP contribution in [0.4, 0.5) is 5.95 Å². The molecule has 1 fully saturated rings. The highest BCUT2D eigenvalue weighted by atomic mass is 35.5. The second kappa shape index (κ2) is 8.41. The first-order valence-electron chi connectivity index (χ1n) is 8.99. The Hall–Kier alpha value is -2.57. The van der Waals surface area contributed by atoms with Crippen LogP contribution in [0.2, 0.25) is 5.02 Å². The summed E-state index contributed by atoms with van der Waals surface area (Å²) in [7, 11) is 0. The molecular formula is C20H20ClN5O. The van der Waals surface area contributed by atoms with E-state index in [4.69, 9.17) is 16.3 Å². The number of hydrogen-bond donors (Lipinski definition) is 0. The van der Waals surface area contributed by atoms with E-state index in [2.05, 4.69) is 25.1 Å². The van der Waals surface area contributed by atoms with Crippen molar-refractivity contribution >= 4 is 17.5 Å². The number of benzene rings is 1. The van der Waals surface area contributed by atoms with E-state index in [1.54, 1.807) is 12.4 Å². The zero-order valence-corrected chi connectivity index (χ0v) is 15.6. The van der Waals surface area contributed by atoms with Crippen molar-refractivity contribution in [1.29, 1.82) is 0 Å². The summed E-state index contributed by atoms with van der Waals surface area (Å²) in [4.78, 5) is 11.0. The summed E-state index contributed by atoms with van der Waals surface area (Å²) in [6.07, 6.45) is 7.46. The van der Waals surface area contributed by atoms with Crippen molar-refractivity contribution in [2.45, 2.75) is 25.6 Å². The number of ether oxygens (including phenoxy) is 1. The van der Waals surface area contributed by atoms with Gasteiger partial charge in [-0.3, -0.25) is 4.98 Å². The van der Waals surface area contributed by atoms with Gasteiger partial charge in [0.1, 0.15) is 0 Å². The molecule has 2 aromatic heterocycles. The SMILES string of the molecule is Clc1cccc(-c2cnnc(N3CCC[C@@H](OCc4cccnc4)C3)n2)c1. The summed E-state index contributed by atoms with van der Waals surface area (Å²) in [5, 5.41) is 9.04. The summed E-state index contributed by atoms with van der Waals surface area (Å²) in [6.45, 7) is 2.21. The van der Waals surface area contributed by atoms with Crippen molar-refractivity contribution in [2.24, 2.45) is 0 Å². The van der Waals surface area contributed by atoms with E-state index in [-0.39, 0.29) is 6.10 Å². The van der Waals surface area contributed by atoms with Gasteiger partial charge < -0.3 is 9.64 Å². The van der Waals surface area contributed by atoms with Gasteiger partial charge in [-0.05, 0) is 36.6 Å². The van der Waals surface area contributed by atoms with Crippen LogP contribution in [0.25, 0.3) is 11.3 Å². The van der Waals surface area contributed by atoms with Gasteiger partial charge in [0.2, 0.25) is 5.95 Å². The Morgan fingerprint density at radius 2 is 2.15 bits per heavy atom. The van der Waals surface area contributed by atoms with E-state index < -0.39 is 0 Å². The van der Waals surface area contributed by atoms with Crippen LogP contribution in [-0.4, -0.2) is 39.4 Å². The molecule has 0 bridgehead atoms. The van der Waals surface area contributed by atoms with E-state index in [0.29, 0.717) is 17.6 Å². The second-order valence-electron chi connectivity index (χ2n) is 6.53. The molecular weight excluding hydrogens is 362 g/mol. The molecule has 1 saturated heterocycles. The topological polar surface area (TPSA) is 64.0 Å². The van der Waals surface area contributed by atoms with Crippen LogP contribution in [0.1, 0.15) is 18.4 Å². The third-order valence-electron chi connectivity index (χ3n) is 4.54. The van der Waals surface area contributed by atoms with Crippen LogP contribution < -0.4 is 4.90 Å². The summed E-state index contributed by atoms with van der Waals surface area (Å²) in [6, 6.07) is 11.5. The van der Waals surface area contributed by atoms with Crippen molar-refractivity contribution in [2.75, 3.05) is 18.0 Å². The number of aromatic nitrogens is 4. The first-order chi connectivity index (χ1) is 13.3. The lowest BCUT2D eigenvalue weighted by Gasteiger charge is -2.32.